The van der Waals surface area contributed by atoms with Crippen molar-refractivity contribution < 1.29 is 17.9 Å². The minimum Gasteiger partial charge on any atom is -0.453 e. The fraction of sp³-hybridized carbons (Fsp3) is 0.250. The molecule has 0 aliphatic heterocycles. The summed E-state index contributed by atoms with van der Waals surface area (Å²) in [7, 11) is -1.13. The normalized spacial score (nSPS) is 19.2. The molecule has 0 fully saturated rings. The molecule has 0 aromatic rings. The van der Waals surface area contributed by atoms with E-state index in [4.69, 9.17) is 0 Å². The molecule has 1 aliphatic carbocycles. The molecule has 1 aliphatic rings. The number of methoxy groups -OCH3 is 1. The average molecular weight is 215 g/mol. The molecule has 0 bridgehead atoms. The molecule has 5 nitrogen and oxygen atoms in total. The van der Waals surface area contributed by atoms with Crippen molar-refractivity contribution in [1.29, 1.82) is 0 Å². The molecule has 0 aromatic heterocycles. The van der Waals surface area contributed by atoms with E-state index in [9.17, 15) is 13.2 Å². The summed E-state index contributed by atoms with van der Waals surface area (Å²) in [4.78, 5) is 11.0. The van der Waals surface area contributed by atoms with E-state index >= 15 is 0 Å². The van der Waals surface area contributed by atoms with E-state index in [0.29, 0.717) is 0 Å². The summed E-state index contributed by atoms with van der Waals surface area (Å²) in [5, 5.41) is 2.37. The van der Waals surface area contributed by atoms with Gasteiger partial charge in [-0.1, -0.05) is 18.2 Å². The standard InChI is InChI=1S/C8H9NO4S/c1-13-8(10)9-6-4-2-3-5-7(6)14(11)12/h2-6H,1H3,(H,9,10). The zero-order valence-corrected chi connectivity index (χ0v) is 8.24. The van der Waals surface area contributed by atoms with E-state index in [1.54, 1.807) is 18.2 Å². The number of carbonyl (C=O) groups is 1. The average Bonchev–Trinajstić information content (AvgIpc) is 2.18. The topological polar surface area (TPSA) is 72.5 Å². The molecular formula is C8H9NO4S. The molecule has 0 heterocycles. The van der Waals surface area contributed by atoms with Gasteiger partial charge in [-0.25, -0.2) is 4.79 Å². The number of ether oxygens (including phenoxy) is 1. The molecule has 0 aromatic carbocycles. The second kappa shape index (κ2) is 4.61. The van der Waals surface area contributed by atoms with Crippen LogP contribution in [0, 0.1) is 0 Å². The lowest BCUT2D eigenvalue weighted by molar-refractivity contribution is 0.171. The summed E-state index contributed by atoms with van der Waals surface area (Å²) in [6.45, 7) is 0. The molecular weight excluding hydrogens is 206 g/mol. The van der Waals surface area contributed by atoms with Gasteiger partial charge in [0.15, 0.2) is 0 Å². The number of alkyl carbamates (subject to hydrolysis) is 1. The van der Waals surface area contributed by atoms with Gasteiger partial charge in [-0.2, -0.15) is 8.42 Å². The highest BCUT2D eigenvalue weighted by Crippen LogP contribution is 2.00. The fourth-order valence-corrected chi connectivity index (χ4v) is 1.52. The molecule has 14 heavy (non-hydrogen) atoms. The third-order valence-electron chi connectivity index (χ3n) is 1.63. The van der Waals surface area contributed by atoms with Crippen molar-refractivity contribution in [3.8, 4) is 0 Å². The van der Waals surface area contributed by atoms with Gasteiger partial charge in [-0.05, 0) is 6.08 Å². The van der Waals surface area contributed by atoms with E-state index in [1.807, 2.05) is 0 Å². The van der Waals surface area contributed by atoms with Crippen LogP contribution in [0.15, 0.2) is 24.3 Å². The van der Waals surface area contributed by atoms with Crippen LogP contribution in [0.5, 0.6) is 0 Å². The number of rotatable bonds is 1. The molecule has 6 heteroatoms. The minimum atomic E-state index is -2.34. The van der Waals surface area contributed by atoms with Crippen molar-refractivity contribution in [3.05, 3.63) is 24.3 Å². The third-order valence-corrected chi connectivity index (χ3v) is 2.41. The highest BCUT2D eigenvalue weighted by Gasteiger charge is 2.16. The number of amides is 1. The van der Waals surface area contributed by atoms with Crippen molar-refractivity contribution >= 4 is 21.3 Å². The summed E-state index contributed by atoms with van der Waals surface area (Å²) in [6.07, 6.45) is 5.54. The van der Waals surface area contributed by atoms with Crippen molar-refractivity contribution in [2.24, 2.45) is 0 Å². The van der Waals surface area contributed by atoms with Crippen LogP contribution in [0.4, 0.5) is 4.79 Å². The Hall–Kier alpha value is -1.56. The summed E-state index contributed by atoms with van der Waals surface area (Å²) < 4.78 is 25.8. The molecule has 1 atom stereocenters. The predicted octanol–water partition coefficient (Wildman–Crippen LogP) is -0.111. The van der Waals surface area contributed by atoms with Crippen LogP contribution in [0.1, 0.15) is 0 Å². The van der Waals surface area contributed by atoms with Gasteiger partial charge in [0.1, 0.15) is 0 Å². The number of carbonyl (C=O) groups excluding carboxylic acids is 1. The van der Waals surface area contributed by atoms with Crippen LogP contribution in [-0.4, -0.2) is 32.5 Å². The van der Waals surface area contributed by atoms with Crippen LogP contribution in [0.25, 0.3) is 0 Å². The first-order valence-corrected chi connectivity index (χ1v) is 4.88. The Morgan fingerprint density at radius 3 is 2.79 bits per heavy atom. The zero-order chi connectivity index (χ0) is 10.6. The molecule has 1 amide bonds. The smallest absolute Gasteiger partial charge is 0.407 e. The Kier molecular flexibility index (Phi) is 3.47. The lowest BCUT2D eigenvalue weighted by atomic mass is 10.1. The van der Waals surface area contributed by atoms with E-state index < -0.39 is 22.4 Å². The highest BCUT2D eigenvalue weighted by molar-refractivity contribution is 7.73. The van der Waals surface area contributed by atoms with E-state index in [2.05, 4.69) is 10.1 Å². The van der Waals surface area contributed by atoms with Crippen molar-refractivity contribution in [1.82, 2.24) is 5.32 Å². The van der Waals surface area contributed by atoms with Crippen LogP contribution in [0.2, 0.25) is 0 Å². The zero-order valence-electron chi connectivity index (χ0n) is 7.43. The quantitative estimate of drug-likeness (QED) is 0.619. The Morgan fingerprint density at radius 1 is 1.50 bits per heavy atom. The van der Waals surface area contributed by atoms with Gasteiger partial charge in [-0.3, -0.25) is 0 Å². The van der Waals surface area contributed by atoms with Crippen molar-refractivity contribution in [3.63, 3.8) is 0 Å². The van der Waals surface area contributed by atoms with Gasteiger partial charge < -0.3 is 10.1 Å². The summed E-state index contributed by atoms with van der Waals surface area (Å²) in [5.74, 6) is 0. The summed E-state index contributed by atoms with van der Waals surface area (Å²) in [6, 6.07) is -0.647. The lowest BCUT2D eigenvalue weighted by Gasteiger charge is -2.14. The Balaban J connectivity index is 2.88. The van der Waals surface area contributed by atoms with E-state index in [0.717, 1.165) is 0 Å². The maximum absolute atomic E-state index is 10.8. The van der Waals surface area contributed by atoms with Gasteiger partial charge in [0.05, 0.1) is 18.0 Å². The number of hydrogen-bond donors (Lipinski definition) is 1. The fourth-order valence-electron chi connectivity index (χ4n) is 0.989. The van der Waals surface area contributed by atoms with E-state index in [1.165, 1.54) is 13.2 Å². The predicted molar refractivity (Wildman–Crippen MR) is 51.5 cm³/mol. The molecule has 1 unspecified atom stereocenters. The SMILES string of the molecule is COC(=O)NC1C=CC=CC1=S(=O)=O. The minimum absolute atomic E-state index is 0.109. The monoisotopic (exact) mass is 215 g/mol. The molecule has 0 saturated heterocycles. The van der Waals surface area contributed by atoms with Crippen LogP contribution in [-0.2, 0) is 15.0 Å². The van der Waals surface area contributed by atoms with Crippen molar-refractivity contribution in [2.45, 2.75) is 6.04 Å². The molecule has 0 saturated carbocycles. The molecule has 1 rings (SSSR count). The van der Waals surface area contributed by atoms with Crippen LogP contribution in [0.3, 0.4) is 0 Å². The molecule has 0 radical (unpaired) electrons. The first kappa shape index (κ1) is 10.5. The maximum atomic E-state index is 10.8. The van der Waals surface area contributed by atoms with Crippen LogP contribution < -0.4 is 5.32 Å². The largest absolute Gasteiger partial charge is 0.453 e. The Morgan fingerprint density at radius 2 is 2.21 bits per heavy atom. The van der Waals surface area contributed by atoms with Gasteiger partial charge >= 0.3 is 6.09 Å². The lowest BCUT2D eigenvalue weighted by Crippen LogP contribution is -2.39. The maximum Gasteiger partial charge on any atom is 0.407 e. The van der Waals surface area contributed by atoms with Gasteiger partial charge in [0.2, 0.25) is 10.3 Å². The summed E-state index contributed by atoms with van der Waals surface area (Å²) >= 11 is 0. The Bertz CT molecular complexity index is 411. The van der Waals surface area contributed by atoms with Gasteiger partial charge in [0, 0.05) is 0 Å². The highest BCUT2D eigenvalue weighted by atomic mass is 32.2. The second-order valence-electron chi connectivity index (χ2n) is 2.49. The molecule has 0 spiro atoms. The number of allylic oxidation sites excluding steroid dienone is 2. The number of nitrogens with one attached hydrogen (secondary N) is 1. The second-order valence-corrected chi connectivity index (χ2v) is 3.44. The van der Waals surface area contributed by atoms with Crippen molar-refractivity contribution in [2.75, 3.05) is 7.11 Å². The van der Waals surface area contributed by atoms with Gasteiger partial charge in [-0.15, -0.1) is 0 Å². The van der Waals surface area contributed by atoms with Gasteiger partial charge in [0.25, 0.3) is 0 Å². The van der Waals surface area contributed by atoms with Crippen LogP contribution >= 0.6 is 0 Å². The first-order chi connectivity index (χ1) is 6.65. The number of hydrogen-bond acceptors (Lipinski definition) is 4. The molecule has 76 valence electrons. The Labute approximate surface area is 82.6 Å². The van der Waals surface area contributed by atoms with E-state index in [-0.39, 0.29) is 4.86 Å². The molecule has 1 N–H and O–H groups in total. The first-order valence-electron chi connectivity index (χ1n) is 3.80. The summed E-state index contributed by atoms with van der Waals surface area (Å²) in [5.41, 5.74) is 0. The third kappa shape index (κ3) is 2.46.